The van der Waals surface area contributed by atoms with Gasteiger partial charge in [0.2, 0.25) is 0 Å². The zero-order chi connectivity index (χ0) is 25.7. The van der Waals surface area contributed by atoms with Crippen LogP contribution in [0.2, 0.25) is 0 Å². The van der Waals surface area contributed by atoms with Crippen LogP contribution in [0.4, 0.5) is 9.59 Å². The van der Waals surface area contributed by atoms with Crippen LogP contribution in [0.15, 0.2) is 29.5 Å². The third-order valence-corrected chi connectivity index (χ3v) is 6.69. The molecule has 2 heterocycles. The molecule has 9 heteroatoms. The predicted octanol–water partition coefficient (Wildman–Crippen LogP) is 2.94. The number of ether oxygens (including phenoxy) is 1. The number of nitrogens with zero attached hydrogens (tertiary/aromatic N) is 3. The maximum absolute atomic E-state index is 13.3. The largest absolute Gasteiger partial charge is 0.463 e. The van der Waals surface area contributed by atoms with Gasteiger partial charge in [0.05, 0.1) is 18.2 Å². The fourth-order valence-electron chi connectivity index (χ4n) is 4.73. The van der Waals surface area contributed by atoms with Crippen LogP contribution < -0.4 is 10.6 Å². The lowest BCUT2D eigenvalue weighted by molar-refractivity contribution is -0.139. The molecule has 1 saturated heterocycles. The first-order valence-electron chi connectivity index (χ1n) is 12.5. The van der Waals surface area contributed by atoms with E-state index in [0.29, 0.717) is 44.0 Å². The molecule has 4 amide bonds. The Hall–Kier alpha value is -3.07. The number of nitrogens with one attached hydrogen (secondary N) is 2. The number of piperazine rings is 1. The number of aryl methyl sites for hydroxylation is 2. The van der Waals surface area contributed by atoms with Crippen LogP contribution in [0.3, 0.4) is 0 Å². The van der Waals surface area contributed by atoms with Crippen LogP contribution in [0.1, 0.15) is 49.9 Å². The van der Waals surface area contributed by atoms with Crippen molar-refractivity contribution < 1.29 is 19.1 Å². The van der Waals surface area contributed by atoms with E-state index >= 15 is 0 Å². The molecule has 2 N–H and O–H groups in total. The smallest absolute Gasteiger partial charge is 0.338 e. The average molecular weight is 486 g/mol. The molecular formula is C26H39N5O4. The van der Waals surface area contributed by atoms with E-state index in [1.165, 1.54) is 4.90 Å². The molecule has 0 spiro atoms. The summed E-state index contributed by atoms with van der Waals surface area (Å²) in [5.74, 6) is -0.425. The van der Waals surface area contributed by atoms with Crippen molar-refractivity contribution in [3.05, 3.63) is 46.2 Å². The molecule has 0 aromatic heterocycles. The van der Waals surface area contributed by atoms with Gasteiger partial charge >= 0.3 is 18.0 Å². The van der Waals surface area contributed by atoms with Crippen LogP contribution in [-0.2, 0) is 9.53 Å². The van der Waals surface area contributed by atoms with E-state index in [1.54, 1.807) is 14.0 Å². The number of urea groups is 2. The normalized spacial score (nSPS) is 21.1. The maximum Gasteiger partial charge on any atom is 0.338 e. The first kappa shape index (κ1) is 26.5. The minimum Gasteiger partial charge on any atom is -0.463 e. The summed E-state index contributed by atoms with van der Waals surface area (Å²) in [5.41, 5.74) is 4.02. The summed E-state index contributed by atoms with van der Waals surface area (Å²) >= 11 is 0. The Bertz CT molecular complexity index is 992. The molecule has 3 rings (SSSR count). The number of amides is 4. The van der Waals surface area contributed by atoms with E-state index in [4.69, 9.17) is 4.74 Å². The zero-order valence-corrected chi connectivity index (χ0v) is 21.8. The quantitative estimate of drug-likeness (QED) is 0.579. The van der Waals surface area contributed by atoms with Gasteiger partial charge in [0.15, 0.2) is 0 Å². The van der Waals surface area contributed by atoms with Gasteiger partial charge in [0.25, 0.3) is 0 Å². The van der Waals surface area contributed by atoms with Gasteiger partial charge in [-0.15, -0.1) is 0 Å². The van der Waals surface area contributed by atoms with Crippen LogP contribution >= 0.6 is 0 Å². The SMILES string of the molecule is CCCNC(=O)N1CCN(CC2=C(C(=O)OCC)[C@H](c3cc(C)ccc3C)NC(=O)N2C)C[C@H]1C. The highest BCUT2D eigenvalue weighted by atomic mass is 16.5. The third kappa shape index (κ3) is 5.96. The van der Waals surface area contributed by atoms with Crippen molar-refractivity contribution in [3.8, 4) is 0 Å². The lowest BCUT2D eigenvalue weighted by Gasteiger charge is -2.42. The van der Waals surface area contributed by atoms with E-state index in [0.717, 1.165) is 23.1 Å². The van der Waals surface area contributed by atoms with E-state index in [2.05, 4.69) is 15.5 Å². The molecule has 1 fully saturated rings. The van der Waals surface area contributed by atoms with Crippen LogP contribution in [0, 0.1) is 13.8 Å². The van der Waals surface area contributed by atoms with Gasteiger partial charge in [-0.25, -0.2) is 14.4 Å². The minimum atomic E-state index is -0.591. The van der Waals surface area contributed by atoms with E-state index < -0.39 is 12.0 Å². The van der Waals surface area contributed by atoms with Crippen molar-refractivity contribution in [1.82, 2.24) is 25.3 Å². The summed E-state index contributed by atoms with van der Waals surface area (Å²) < 4.78 is 5.46. The molecule has 2 atom stereocenters. The molecule has 192 valence electrons. The van der Waals surface area contributed by atoms with Crippen molar-refractivity contribution in [1.29, 1.82) is 0 Å². The first-order chi connectivity index (χ1) is 16.7. The number of hydrogen-bond acceptors (Lipinski definition) is 5. The topological polar surface area (TPSA) is 94.2 Å². The number of carbonyl (C=O) groups is 3. The Morgan fingerprint density at radius 2 is 1.94 bits per heavy atom. The summed E-state index contributed by atoms with van der Waals surface area (Å²) in [7, 11) is 1.68. The molecule has 2 aliphatic heterocycles. The van der Waals surface area contributed by atoms with Crippen LogP contribution in [-0.4, -0.2) is 85.2 Å². The second kappa shape index (κ2) is 11.6. The minimum absolute atomic E-state index is 0.00443. The molecule has 0 saturated carbocycles. The van der Waals surface area contributed by atoms with Crippen molar-refractivity contribution in [2.24, 2.45) is 0 Å². The van der Waals surface area contributed by atoms with E-state index in [9.17, 15) is 14.4 Å². The highest BCUT2D eigenvalue weighted by Crippen LogP contribution is 2.33. The number of carbonyl (C=O) groups excluding carboxylic acids is 3. The van der Waals surface area contributed by atoms with Gasteiger partial charge in [-0.05, 0) is 45.2 Å². The number of benzene rings is 1. The standard InChI is InChI=1S/C26H39N5O4/c1-7-11-27-25(33)31-13-12-30(15-19(31)5)16-21-22(24(32)35-8-2)23(28-26(34)29(21)6)20-14-17(3)9-10-18(20)4/h9-10,14,19,23H,7-8,11-13,15-16H2,1-6H3,(H,27,33)(H,28,34)/t19-,23+/m1/s1. The molecule has 35 heavy (non-hydrogen) atoms. The summed E-state index contributed by atoms with van der Waals surface area (Å²) in [6.07, 6.45) is 0.890. The molecule has 0 radical (unpaired) electrons. The highest BCUT2D eigenvalue weighted by Gasteiger charge is 2.39. The van der Waals surface area contributed by atoms with Gasteiger partial charge in [0, 0.05) is 51.5 Å². The molecule has 1 aromatic carbocycles. The van der Waals surface area contributed by atoms with E-state index in [-0.39, 0.29) is 24.7 Å². The predicted molar refractivity (Wildman–Crippen MR) is 135 cm³/mol. The zero-order valence-electron chi connectivity index (χ0n) is 21.8. The van der Waals surface area contributed by atoms with Crippen molar-refractivity contribution in [2.75, 3.05) is 46.4 Å². The van der Waals surface area contributed by atoms with Gasteiger partial charge < -0.3 is 20.3 Å². The van der Waals surface area contributed by atoms with E-state index in [1.807, 2.05) is 50.8 Å². The highest BCUT2D eigenvalue weighted by molar-refractivity contribution is 5.95. The molecule has 2 aliphatic rings. The fourth-order valence-corrected chi connectivity index (χ4v) is 4.73. The van der Waals surface area contributed by atoms with Crippen molar-refractivity contribution in [3.63, 3.8) is 0 Å². The number of esters is 1. The number of rotatable bonds is 7. The Morgan fingerprint density at radius 3 is 2.60 bits per heavy atom. The van der Waals surface area contributed by atoms with Crippen molar-refractivity contribution in [2.45, 2.75) is 53.1 Å². The Labute approximate surface area is 208 Å². The maximum atomic E-state index is 13.3. The van der Waals surface area contributed by atoms with Gasteiger partial charge in [-0.1, -0.05) is 30.7 Å². The van der Waals surface area contributed by atoms with Gasteiger partial charge in [-0.2, -0.15) is 0 Å². The molecule has 0 bridgehead atoms. The second-order valence-electron chi connectivity index (χ2n) is 9.39. The molecule has 0 aliphatic carbocycles. The summed E-state index contributed by atoms with van der Waals surface area (Å²) in [6, 6.07) is 5.14. The number of hydrogen-bond donors (Lipinski definition) is 2. The number of likely N-dealkylation sites (N-methyl/N-ethyl adjacent to an activating group) is 1. The summed E-state index contributed by atoms with van der Waals surface area (Å²) in [4.78, 5) is 44.3. The van der Waals surface area contributed by atoms with Crippen molar-refractivity contribution >= 4 is 18.0 Å². The molecular weight excluding hydrogens is 446 g/mol. The van der Waals surface area contributed by atoms with Gasteiger partial charge in [0.1, 0.15) is 0 Å². The second-order valence-corrected chi connectivity index (χ2v) is 9.39. The lowest BCUT2D eigenvalue weighted by Crippen LogP contribution is -2.58. The van der Waals surface area contributed by atoms with Crippen LogP contribution in [0.25, 0.3) is 0 Å². The third-order valence-electron chi connectivity index (χ3n) is 6.69. The molecule has 1 aromatic rings. The van der Waals surface area contributed by atoms with Gasteiger partial charge in [-0.3, -0.25) is 9.80 Å². The molecule has 9 nitrogen and oxygen atoms in total. The summed E-state index contributed by atoms with van der Waals surface area (Å²) in [5, 5.41) is 5.95. The average Bonchev–Trinajstić information content (AvgIpc) is 2.82. The summed E-state index contributed by atoms with van der Waals surface area (Å²) in [6.45, 7) is 13.0. The Kier molecular flexibility index (Phi) is 8.77. The Balaban J connectivity index is 1.93. The lowest BCUT2D eigenvalue weighted by atomic mass is 9.90. The Morgan fingerprint density at radius 1 is 1.20 bits per heavy atom. The molecule has 0 unspecified atom stereocenters. The van der Waals surface area contributed by atoms with Crippen LogP contribution in [0.5, 0.6) is 0 Å². The monoisotopic (exact) mass is 485 g/mol. The fraction of sp³-hybridized carbons (Fsp3) is 0.577. The first-order valence-corrected chi connectivity index (χ1v) is 12.5.